The van der Waals surface area contributed by atoms with Crippen molar-refractivity contribution >= 4 is 35.4 Å². The van der Waals surface area contributed by atoms with Crippen LogP contribution >= 0.6 is 0 Å². The van der Waals surface area contributed by atoms with Gasteiger partial charge in [-0.05, 0) is 87.9 Å². The number of amides is 2. The van der Waals surface area contributed by atoms with E-state index in [-0.39, 0.29) is 24.9 Å². The van der Waals surface area contributed by atoms with Crippen LogP contribution in [0, 0.1) is 17.3 Å². The van der Waals surface area contributed by atoms with Crippen molar-refractivity contribution in [1.82, 2.24) is 5.32 Å². The number of nitrogens with one attached hydrogen (secondary N) is 1. The number of unbranched alkanes of at least 4 members (excludes halogenated alkanes) is 1. The van der Waals surface area contributed by atoms with Crippen molar-refractivity contribution in [3.05, 3.63) is 65.7 Å². The molecule has 3 unspecified atom stereocenters. The Labute approximate surface area is 295 Å². The van der Waals surface area contributed by atoms with Gasteiger partial charge in [0.05, 0.1) is 17.9 Å². The highest BCUT2D eigenvalue weighted by molar-refractivity contribution is 6.03. The molecule has 1 heterocycles. The molecule has 0 radical (unpaired) electrons. The van der Waals surface area contributed by atoms with Crippen LogP contribution in [-0.4, -0.2) is 65.7 Å². The zero-order chi connectivity index (χ0) is 36.5. The van der Waals surface area contributed by atoms with Crippen LogP contribution in [0.5, 0.6) is 0 Å². The molecule has 2 aromatic rings. The number of hydrogen-bond acceptors (Lipinski definition) is 7. The Kier molecular flexibility index (Phi) is 16.4. The number of hydrogen-bond donors (Lipinski definition) is 4. The number of para-hydroxylation sites is 1. The fourth-order valence-electron chi connectivity index (χ4n) is 7.09. The molecule has 1 fully saturated rings. The predicted octanol–water partition coefficient (Wildman–Crippen LogP) is 5.52. The number of carboxylic acid groups (broad SMARTS) is 2. The third-order valence-corrected chi connectivity index (χ3v) is 9.75. The lowest BCUT2D eigenvalue weighted by atomic mass is 9.75. The fraction of sp³-hybridized carbons (Fsp3) is 0.564. The summed E-state index contributed by atoms with van der Waals surface area (Å²) in [4.78, 5) is 63.6. The lowest BCUT2D eigenvalue weighted by Gasteiger charge is -2.33. The van der Waals surface area contributed by atoms with E-state index in [0.29, 0.717) is 63.1 Å². The molecule has 1 aliphatic carbocycles. The molecule has 0 spiro atoms. The van der Waals surface area contributed by atoms with Gasteiger partial charge in [-0.15, -0.1) is 0 Å². The number of benzene rings is 2. The third-order valence-electron chi connectivity index (χ3n) is 9.75. The minimum Gasteiger partial charge on any atom is -0.481 e. The summed E-state index contributed by atoms with van der Waals surface area (Å²) in [5.41, 5.74) is 7.10. The largest absolute Gasteiger partial charge is 0.481 e. The molecule has 1 aliphatic heterocycles. The highest BCUT2D eigenvalue weighted by Crippen LogP contribution is 2.45. The summed E-state index contributed by atoms with van der Waals surface area (Å²) < 4.78 is 5.41. The zero-order valence-electron chi connectivity index (χ0n) is 29.6. The third kappa shape index (κ3) is 12.3. The number of ether oxygens (including phenoxy) is 1. The van der Waals surface area contributed by atoms with E-state index >= 15 is 0 Å². The summed E-state index contributed by atoms with van der Waals surface area (Å²) in [7, 11) is 0. The van der Waals surface area contributed by atoms with Crippen LogP contribution in [0.2, 0.25) is 0 Å². The van der Waals surface area contributed by atoms with Gasteiger partial charge in [-0.3, -0.25) is 28.9 Å². The van der Waals surface area contributed by atoms with Gasteiger partial charge in [0.1, 0.15) is 12.6 Å². The number of aliphatic carboxylic acids is 2. The van der Waals surface area contributed by atoms with E-state index in [1.54, 1.807) is 19.1 Å². The molecule has 0 aromatic heterocycles. The summed E-state index contributed by atoms with van der Waals surface area (Å²) in [6.07, 6.45) is 8.89. The van der Waals surface area contributed by atoms with Gasteiger partial charge in [0.15, 0.2) is 0 Å². The van der Waals surface area contributed by atoms with Crippen molar-refractivity contribution in [1.29, 1.82) is 0 Å². The number of carboxylic acids is 2. The maximum Gasteiger partial charge on any atom is 0.323 e. The first-order valence-electron chi connectivity index (χ1n) is 18.0. The number of esters is 1. The molecule has 0 saturated heterocycles. The van der Waals surface area contributed by atoms with E-state index in [1.165, 1.54) is 4.90 Å². The van der Waals surface area contributed by atoms with Crippen LogP contribution in [-0.2, 0) is 41.6 Å². The topological polar surface area (TPSA) is 176 Å². The van der Waals surface area contributed by atoms with Crippen LogP contribution in [0.15, 0.2) is 54.6 Å². The van der Waals surface area contributed by atoms with Crippen molar-refractivity contribution in [2.24, 2.45) is 23.0 Å². The normalized spacial score (nSPS) is 17.7. The van der Waals surface area contributed by atoms with Crippen molar-refractivity contribution in [3.8, 4) is 0 Å². The second-order valence-electron chi connectivity index (χ2n) is 13.7. The second-order valence-corrected chi connectivity index (χ2v) is 13.7. The van der Waals surface area contributed by atoms with Crippen molar-refractivity contribution in [2.45, 2.75) is 103 Å². The van der Waals surface area contributed by atoms with E-state index in [0.717, 1.165) is 43.2 Å². The maximum atomic E-state index is 13.9. The lowest BCUT2D eigenvalue weighted by molar-refractivity contribution is -0.150. The Bertz CT molecular complexity index is 1410. The van der Waals surface area contributed by atoms with Gasteiger partial charge < -0.3 is 26.0 Å². The van der Waals surface area contributed by atoms with E-state index in [1.807, 2.05) is 49.4 Å². The van der Waals surface area contributed by atoms with Gasteiger partial charge >= 0.3 is 17.9 Å². The Morgan fingerprint density at radius 1 is 0.980 bits per heavy atom. The van der Waals surface area contributed by atoms with E-state index in [2.05, 4.69) is 5.32 Å². The van der Waals surface area contributed by atoms with Crippen LogP contribution in [0.4, 0.5) is 5.69 Å². The highest BCUT2D eigenvalue weighted by Gasteiger charge is 2.46. The molecule has 11 nitrogen and oxygen atoms in total. The molecule has 4 rings (SSSR count). The lowest BCUT2D eigenvalue weighted by Crippen LogP contribution is -2.53. The molecule has 2 amide bonds. The molecule has 0 bridgehead atoms. The monoisotopic (exact) mass is 693 g/mol. The van der Waals surface area contributed by atoms with Crippen LogP contribution < -0.4 is 16.0 Å². The summed E-state index contributed by atoms with van der Waals surface area (Å²) >= 11 is 0. The average Bonchev–Trinajstić information content (AvgIpc) is 3.53. The Morgan fingerprint density at radius 2 is 1.66 bits per heavy atom. The number of nitrogens with two attached hydrogens (primary N) is 1. The second kappa shape index (κ2) is 20.4. The molecule has 11 heteroatoms. The molecule has 274 valence electrons. The number of anilines is 1. The number of carbonyl (C=O) groups is 5. The molecular weight excluding hydrogens is 638 g/mol. The molecular formula is C39H55N3O8. The number of carbonyl (C=O) groups excluding carboxylic acids is 3. The number of rotatable bonds is 17. The van der Waals surface area contributed by atoms with Gasteiger partial charge in [0.2, 0.25) is 11.8 Å². The molecule has 5 N–H and O–H groups in total. The molecule has 3 atom stereocenters. The Morgan fingerprint density at radius 3 is 2.30 bits per heavy atom. The quantitative estimate of drug-likeness (QED) is 0.123. The SMILES string of the molecule is CC(CCCCN)CC(=O)O.CCOC(=O)C(CCc1ccccc1)CC1(C(=O)NC2CCc3ccccc3N(CC(=O)O)C2=O)CCCC1. The van der Waals surface area contributed by atoms with E-state index in [9.17, 15) is 29.1 Å². The average molecular weight is 694 g/mol. The summed E-state index contributed by atoms with van der Waals surface area (Å²) in [5, 5.41) is 20.9. The van der Waals surface area contributed by atoms with Crippen molar-refractivity contribution in [2.75, 3.05) is 24.6 Å². The van der Waals surface area contributed by atoms with Gasteiger partial charge in [-0.1, -0.05) is 81.1 Å². The number of nitrogens with zero attached hydrogens (tertiary/aromatic N) is 1. The van der Waals surface area contributed by atoms with Crippen molar-refractivity contribution in [3.63, 3.8) is 0 Å². The molecule has 50 heavy (non-hydrogen) atoms. The predicted molar refractivity (Wildman–Crippen MR) is 191 cm³/mol. The van der Waals surface area contributed by atoms with Crippen LogP contribution in [0.25, 0.3) is 0 Å². The summed E-state index contributed by atoms with van der Waals surface area (Å²) in [6.45, 7) is 4.25. The smallest absolute Gasteiger partial charge is 0.323 e. The van der Waals surface area contributed by atoms with Gasteiger partial charge in [-0.25, -0.2) is 0 Å². The first-order valence-corrected chi connectivity index (χ1v) is 18.0. The number of aryl methyl sites for hydroxylation is 2. The Balaban J connectivity index is 0.000000530. The van der Waals surface area contributed by atoms with Gasteiger partial charge in [0.25, 0.3) is 0 Å². The first-order chi connectivity index (χ1) is 24.0. The maximum absolute atomic E-state index is 13.9. The van der Waals surface area contributed by atoms with Gasteiger partial charge in [-0.2, -0.15) is 0 Å². The zero-order valence-corrected chi connectivity index (χ0v) is 29.6. The summed E-state index contributed by atoms with van der Waals surface area (Å²) in [5.74, 6) is -2.91. The molecule has 1 saturated carbocycles. The number of fused-ring (bicyclic) bond motifs is 1. The van der Waals surface area contributed by atoms with E-state index < -0.39 is 41.8 Å². The minimum absolute atomic E-state index is 0.228. The van der Waals surface area contributed by atoms with Crippen molar-refractivity contribution < 1.29 is 38.9 Å². The molecule has 2 aromatic carbocycles. The summed E-state index contributed by atoms with van der Waals surface area (Å²) in [6, 6.07) is 16.4. The fourth-order valence-corrected chi connectivity index (χ4v) is 7.09. The van der Waals surface area contributed by atoms with Gasteiger partial charge in [0, 0.05) is 12.1 Å². The molecule has 2 aliphatic rings. The minimum atomic E-state index is -1.12. The highest BCUT2D eigenvalue weighted by atomic mass is 16.5. The van der Waals surface area contributed by atoms with E-state index in [4.69, 9.17) is 15.6 Å². The standard InChI is InChI=1S/C31H38N2O6.C8H17NO2/c1-2-39-29(37)24(15-14-22-10-4-3-5-11-22)20-31(18-8-9-19-31)30(38)32-25-17-16-23-12-6-7-13-26(23)33(28(25)36)21-27(34)35;1-7(6-8(10)11)4-2-3-5-9/h3-7,10-13,24-25H,2,8-9,14-21H2,1H3,(H,32,38)(H,34,35);7H,2-6,9H2,1H3,(H,10,11). The first kappa shape index (κ1) is 40.2. The van der Waals surface area contributed by atoms with Crippen LogP contribution in [0.3, 0.4) is 0 Å². The van der Waals surface area contributed by atoms with Crippen LogP contribution in [0.1, 0.15) is 95.6 Å². The Hall–Kier alpha value is -4.25.